The van der Waals surface area contributed by atoms with E-state index in [9.17, 15) is 0 Å². The first-order valence-electron chi connectivity index (χ1n) is 12.9. The maximum absolute atomic E-state index is 6.11. The van der Waals surface area contributed by atoms with Crippen molar-refractivity contribution in [2.45, 2.75) is 136 Å². The molecule has 1 fully saturated rings. The van der Waals surface area contributed by atoms with Crippen molar-refractivity contribution in [2.75, 3.05) is 26.4 Å². The van der Waals surface area contributed by atoms with Crippen LogP contribution in [-0.4, -0.2) is 44.4 Å². The molecule has 0 saturated carbocycles. The summed E-state index contributed by atoms with van der Waals surface area (Å²) in [5, 5.41) is 0. The summed E-state index contributed by atoms with van der Waals surface area (Å²) >= 11 is 0. The Hall–Kier alpha value is -0.160. The lowest BCUT2D eigenvalue weighted by Crippen LogP contribution is -2.27. The van der Waals surface area contributed by atoms with Crippen LogP contribution in [0.2, 0.25) is 0 Å². The monoisotopic (exact) mass is 428 g/mol. The quantitative estimate of drug-likeness (QED) is 0.191. The predicted molar refractivity (Wildman–Crippen MR) is 126 cm³/mol. The lowest BCUT2D eigenvalue weighted by molar-refractivity contribution is -0.147. The average Bonchev–Trinajstić information content (AvgIpc) is 3.04. The molecular formula is C26H52O4. The molecule has 180 valence electrons. The van der Waals surface area contributed by atoms with Crippen molar-refractivity contribution in [2.24, 2.45) is 5.92 Å². The van der Waals surface area contributed by atoms with E-state index in [0.717, 1.165) is 13.0 Å². The molecule has 2 unspecified atom stereocenters. The maximum Gasteiger partial charge on any atom is 0.163 e. The largest absolute Gasteiger partial charge is 0.376 e. The van der Waals surface area contributed by atoms with Crippen LogP contribution < -0.4 is 0 Å². The lowest BCUT2D eigenvalue weighted by atomic mass is 10.0. The molecule has 30 heavy (non-hydrogen) atoms. The molecular weight excluding hydrogens is 376 g/mol. The van der Waals surface area contributed by atoms with Crippen LogP contribution in [0.25, 0.3) is 0 Å². The number of unbranched alkanes of at least 4 members (excludes halogenated alkanes) is 11. The summed E-state index contributed by atoms with van der Waals surface area (Å²) in [5.74, 6) is 0.0817. The first kappa shape index (κ1) is 27.9. The van der Waals surface area contributed by atoms with Gasteiger partial charge in [0.05, 0.1) is 25.9 Å². The number of ether oxygens (including phenoxy) is 4. The van der Waals surface area contributed by atoms with Gasteiger partial charge >= 0.3 is 0 Å². The first-order valence-corrected chi connectivity index (χ1v) is 12.9. The summed E-state index contributed by atoms with van der Waals surface area (Å²) in [4.78, 5) is 0. The third kappa shape index (κ3) is 15.6. The molecule has 1 saturated heterocycles. The van der Waals surface area contributed by atoms with Crippen LogP contribution in [0.3, 0.4) is 0 Å². The molecule has 0 aromatic rings. The van der Waals surface area contributed by atoms with Crippen molar-refractivity contribution in [3.05, 3.63) is 0 Å². The van der Waals surface area contributed by atoms with Gasteiger partial charge in [-0.25, -0.2) is 0 Å². The van der Waals surface area contributed by atoms with Gasteiger partial charge in [-0.05, 0) is 26.2 Å². The number of hydrogen-bond donors (Lipinski definition) is 0. The zero-order chi connectivity index (χ0) is 22.1. The highest BCUT2D eigenvalue weighted by molar-refractivity contribution is 4.70. The molecule has 1 aliphatic rings. The highest BCUT2D eigenvalue weighted by Crippen LogP contribution is 2.22. The summed E-state index contributed by atoms with van der Waals surface area (Å²) in [6.07, 6.45) is 17.9. The van der Waals surface area contributed by atoms with E-state index in [2.05, 4.69) is 20.8 Å². The van der Waals surface area contributed by atoms with E-state index in [1.165, 1.54) is 77.0 Å². The van der Waals surface area contributed by atoms with Crippen molar-refractivity contribution >= 4 is 0 Å². The summed E-state index contributed by atoms with van der Waals surface area (Å²) in [7, 11) is 0. The van der Waals surface area contributed by atoms with Gasteiger partial charge in [0.2, 0.25) is 0 Å². The Bertz CT molecular complexity index is 383. The minimum absolute atomic E-state index is 0.0393. The summed E-state index contributed by atoms with van der Waals surface area (Å²) in [6, 6.07) is 0. The van der Waals surface area contributed by atoms with E-state index in [0.29, 0.717) is 25.7 Å². The van der Waals surface area contributed by atoms with Crippen LogP contribution in [0.5, 0.6) is 0 Å². The predicted octanol–water partition coefficient (Wildman–Crippen LogP) is 7.29. The topological polar surface area (TPSA) is 36.9 Å². The summed E-state index contributed by atoms with van der Waals surface area (Å²) < 4.78 is 23.5. The Balaban J connectivity index is 2.04. The molecule has 0 amide bonds. The van der Waals surface area contributed by atoms with Crippen molar-refractivity contribution in [3.8, 4) is 0 Å². The molecule has 1 heterocycles. The van der Waals surface area contributed by atoms with Crippen molar-refractivity contribution in [1.29, 1.82) is 0 Å². The number of rotatable bonds is 20. The van der Waals surface area contributed by atoms with Gasteiger partial charge < -0.3 is 18.9 Å². The fourth-order valence-corrected chi connectivity index (χ4v) is 3.93. The zero-order valence-corrected chi connectivity index (χ0v) is 20.9. The third-order valence-electron chi connectivity index (χ3n) is 5.72. The molecule has 1 aliphatic heterocycles. The molecule has 0 aliphatic carbocycles. The van der Waals surface area contributed by atoms with Crippen LogP contribution in [-0.2, 0) is 18.9 Å². The standard InChI is InChI=1S/C26H52O4/c1-6-7-8-9-10-11-12-13-14-15-16-17-18-24(28-19-23(2)3)20-27-21-25-22-29-26(4,5)30-25/h23-25H,6-22H2,1-5H3. The normalized spacial score (nSPS) is 19.6. The van der Waals surface area contributed by atoms with Crippen LogP contribution in [0.15, 0.2) is 0 Å². The second kappa shape index (κ2) is 17.4. The van der Waals surface area contributed by atoms with Crippen molar-refractivity contribution in [1.82, 2.24) is 0 Å². The zero-order valence-electron chi connectivity index (χ0n) is 20.9. The Morgan fingerprint density at radius 1 is 0.833 bits per heavy atom. The summed E-state index contributed by atoms with van der Waals surface area (Å²) in [6.45, 7) is 13.3. The van der Waals surface area contributed by atoms with E-state index in [1.807, 2.05) is 13.8 Å². The minimum atomic E-state index is -0.476. The fourth-order valence-electron chi connectivity index (χ4n) is 3.93. The van der Waals surface area contributed by atoms with E-state index in [1.54, 1.807) is 0 Å². The lowest BCUT2D eigenvalue weighted by Gasteiger charge is -2.21. The maximum atomic E-state index is 6.11. The smallest absolute Gasteiger partial charge is 0.163 e. The average molecular weight is 429 g/mol. The Kier molecular flexibility index (Phi) is 16.2. The van der Waals surface area contributed by atoms with Gasteiger partial charge in [0.15, 0.2) is 5.79 Å². The molecule has 0 radical (unpaired) electrons. The Morgan fingerprint density at radius 2 is 1.40 bits per heavy atom. The van der Waals surface area contributed by atoms with Crippen LogP contribution in [0.4, 0.5) is 0 Å². The molecule has 2 atom stereocenters. The fraction of sp³-hybridized carbons (Fsp3) is 1.00. The molecule has 0 aromatic carbocycles. The highest BCUT2D eigenvalue weighted by atomic mass is 16.7. The molecule has 0 spiro atoms. The number of hydrogen-bond acceptors (Lipinski definition) is 4. The molecule has 1 rings (SSSR count). The van der Waals surface area contributed by atoms with E-state index in [4.69, 9.17) is 18.9 Å². The molecule has 4 heteroatoms. The van der Waals surface area contributed by atoms with Crippen molar-refractivity contribution < 1.29 is 18.9 Å². The van der Waals surface area contributed by atoms with Crippen LogP contribution in [0.1, 0.15) is 118 Å². The van der Waals surface area contributed by atoms with E-state index in [-0.39, 0.29) is 12.2 Å². The van der Waals surface area contributed by atoms with Crippen LogP contribution >= 0.6 is 0 Å². The van der Waals surface area contributed by atoms with Gasteiger partial charge in [-0.1, -0.05) is 97.8 Å². The Labute approximate surface area is 187 Å². The summed E-state index contributed by atoms with van der Waals surface area (Å²) in [5.41, 5.74) is 0. The van der Waals surface area contributed by atoms with Gasteiger partial charge in [0.25, 0.3) is 0 Å². The van der Waals surface area contributed by atoms with E-state index >= 15 is 0 Å². The SMILES string of the molecule is CCCCCCCCCCCCCCC(COCC1COC(C)(C)O1)OCC(C)C. The van der Waals surface area contributed by atoms with Gasteiger partial charge in [0.1, 0.15) is 6.10 Å². The molecule has 0 N–H and O–H groups in total. The third-order valence-corrected chi connectivity index (χ3v) is 5.72. The van der Waals surface area contributed by atoms with Gasteiger partial charge in [-0.15, -0.1) is 0 Å². The molecule has 0 aromatic heterocycles. The van der Waals surface area contributed by atoms with Crippen LogP contribution in [0, 0.1) is 5.92 Å². The molecule has 4 nitrogen and oxygen atoms in total. The van der Waals surface area contributed by atoms with Crippen molar-refractivity contribution in [3.63, 3.8) is 0 Å². The van der Waals surface area contributed by atoms with Gasteiger partial charge in [-0.3, -0.25) is 0 Å². The first-order chi connectivity index (χ1) is 14.4. The van der Waals surface area contributed by atoms with Gasteiger partial charge in [0, 0.05) is 6.61 Å². The minimum Gasteiger partial charge on any atom is -0.376 e. The molecule has 0 bridgehead atoms. The second-order valence-electron chi connectivity index (χ2n) is 10.0. The Morgan fingerprint density at radius 3 is 1.90 bits per heavy atom. The second-order valence-corrected chi connectivity index (χ2v) is 10.0. The highest BCUT2D eigenvalue weighted by Gasteiger charge is 2.32. The van der Waals surface area contributed by atoms with E-state index < -0.39 is 5.79 Å². The van der Waals surface area contributed by atoms with Gasteiger partial charge in [-0.2, -0.15) is 0 Å².